The van der Waals surface area contributed by atoms with Gasteiger partial charge in [-0.05, 0) is 63.0 Å². The van der Waals surface area contributed by atoms with Crippen LogP contribution in [0, 0.1) is 5.82 Å². The molecule has 0 radical (unpaired) electrons. The van der Waals surface area contributed by atoms with Gasteiger partial charge in [-0.25, -0.2) is 9.38 Å². The van der Waals surface area contributed by atoms with E-state index in [9.17, 15) is 4.39 Å². The molecular weight excluding hydrogens is 393 g/mol. The summed E-state index contributed by atoms with van der Waals surface area (Å²) in [6, 6.07) is 7.06. The Morgan fingerprint density at radius 1 is 1.10 bits per heavy atom. The van der Waals surface area contributed by atoms with E-state index >= 15 is 0 Å². The molecule has 1 saturated heterocycles. The van der Waals surface area contributed by atoms with Gasteiger partial charge in [0, 0.05) is 24.3 Å². The average molecular weight is 432 g/mol. The second-order valence-corrected chi connectivity index (χ2v) is 8.47. The molecule has 172 valence electrons. The summed E-state index contributed by atoms with van der Waals surface area (Å²) in [5, 5.41) is 9.97. The number of anilines is 1. The molecule has 0 aromatic heterocycles. The van der Waals surface area contributed by atoms with Crippen molar-refractivity contribution in [2.45, 2.75) is 70.4 Å². The van der Waals surface area contributed by atoms with Crippen molar-refractivity contribution < 1.29 is 4.39 Å². The Morgan fingerprint density at radius 3 is 2.55 bits per heavy atom. The molecule has 0 bridgehead atoms. The summed E-state index contributed by atoms with van der Waals surface area (Å²) in [6.07, 6.45) is 10.1. The summed E-state index contributed by atoms with van der Waals surface area (Å²) < 4.78 is 13.1. The molecule has 0 spiro atoms. The highest BCUT2D eigenvalue weighted by Gasteiger charge is 2.22. The van der Waals surface area contributed by atoms with Crippen molar-refractivity contribution in [2.75, 3.05) is 31.6 Å². The molecule has 1 aliphatic heterocycles. The van der Waals surface area contributed by atoms with E-state index in [1.807, 2.05) is 0 Å². The van der Waals surface area contributed by atoms with E-state index in [0.717, 1.165) is 19.6 Å². The van der Waals surface area contributed by atoms with Crippen LogP contribution in [0.5, 0.6) is 0 Å². The fourth-order valence-corrected chi connectivity index (χ4v) is 4.44. The van der Waals surface area contributed by atoms with E-state index in [2.05, 4.69) is 37.8 Å². The largest absolute Gasteiger partial charge is 0.369 e. The molecular formula is C23H38FN7. The molecule has 1 aromatic carbocycles. The van der Waals surface area contributed by atoms with Gasteiger partial charge in [0.1, 0.15) is 5.82 Å². The van der Waals surface area contributed by atoms with Crippen molar-refractivity contribution >= 4 is 17.6 Å². The number of nitrogens with zero attached hydrogens (tertiary/aromatic N) is 3. The number of guanidine groups is 2. The Hall–Kier alpha value is -2.19. The van der Waals surface area contributed by atoms with Crippen molar-refractivity contribution in [2.24, 2.45) is 15.7 Å². The van der Waals surface area contributed by atoms with Gasteiger partial charge >= 0.3 is 0 Å². The first-order valence-electron chi connectivity index (χ1n) is 11.8. The molecule has 7 nitrogen and oxygen atoms in total. The zero-order valence-corrected chi connectivity index (χ0v) is 18.7. The molecule has 3 rings (SSSR count). The van der Waals surface area contributed by atoms with Crippen LogP contribution >= 0.6 is 0 Å². The van der Waals surface area contributed by atoms with Crippen molar-refractivity contribution in [3.63, 3.8) is 0 Å². The van der Waals surface area contributed by atoms with Crippen LogP contribution in [0.4, 0.5) is 10.1 Å². The van der Waals surface area contributed by atoms with Crippen LogP contribution < -0.4 is 21.7 Å². The summed E-state index contributed by atoms with van der Waals surface area (Å²) in [5.74, 6) is 0.467. The predicted octanol–water partition coefficient (Wildman–Crippen LogP) is 3.25. The second-order valence-electron chi connectivity index (χ2n) is 8.47. The molecule has 8 heteroatoms. The number of hydrogen-bond acceptors (Lipinski definition) is 3. The molecule has 31 heavy (non-hydrogen) atoms. The van der Waals surface area contributed by atoms with Crippen LogP contribution in [0.25, 0.3) is 0 Å². The minimum absolute atomic E-state index is 0.228. The third-order valence-electron chi connectivity index (χ3n) is 6.21. The van der Waals surface area contributed by atoms with Crippen LogP contribution in [-0.2, 0) is 0 Å². The fourth-order valence-electron chi connectivity index (χ4n) is 4.44. The summed E-state index contributed by atoms with van der Waals surface area (Å²) in [7, 11) is 0. The Balaban J connectivity index is 1.61. The molecule has 2 fully saturated rings. The third-order valence-corrected chi connectivity index (χ3v) is 6.21. The Kier molecular flexibility index (Phi) is 9.55. The van der Waals surface area contributed by atoms with Crippen LogP contribution in [0.3, 0.4) is 0 Å². The number of benzene rings is 1. The normalized spacial score (nSPS) is 21.8. The van der Waals surface area contributed by atoms with E-state index in [0.29, 0.717) is 30.4 Å². The Morgan fingerprint density at radius 2 is 1.84 bits per heavy atom. The second kappa shape index (κ2) is 12.6. The topological polar surface area (TPSA) is 90.1 Å². The number of nitrogens with two attached hydrogens (primary N) is 1. The van der Waals surface area contributed by atoms with Crippen molar-refractivity contribution in [1.82, 2.24) is 15.5 Å². The summed E-state index contributed by atoms with van der Waals surface area (Å²) >= 11 is 0. The SMILES string of the molecule is CCN1CCCC1CNC(=N/CNC1CCCCCC1)/N=C(\N)Nc1ccc(F)cc1. The van der Waals surface area contributed by atoms with Gasteiger partial charge in [0.15, 0.2) is 0 Å². The van der Waals surface area contributed by atoms with Gasteiger partial charge in [-0.15, -0.1) is 0 Å². The minimum atomic E-state index is -0.286. The van der Waals surface area contributed by atoms with Gasteiger partial charge in [-0.2, -0.15) is 4.99 Å². The quantitative estimate of drug-likeness (QED) is 0.302. The Labute approximate surface area is 185 Å². The standard InChI is InChI=1S/C23H38FN7/c1-2-31-15-7-10-21(31)16-26-23(28-17-27-19-8-5-3-4-6-9-19)30-22(25)29-20-13-11-18(24)12-14-20/h11-14,19,21,27H,2-10,15-17H2,1H3,(H4,25,26,28,29,30). The van der Waals surface area contributed by atoms with Crippen molar-refractivity contribution in [3.8, 4) is 0 Å². The number of rotatable bonds is 7. The molecule has 0 amide bonds. The number of nitrogens with one attached hydrogen (secondary N) is 3. The lowest BCUT2D eigenvalue weighted by atomic mass is 10.1. The van der Waals surface area contributed by atoms with Crippen LogP contribution in [0.1, 0.15) is 58.3 Å². The van der Waals surface area contributed by atoms with E-state index in [4.69, 9.17) is 5.73 Å². The number of halogens is 1. The van der Waals surface area contributed by atoms with Gasteiger partial charge in [-0.3, -0.25) is 10.2 Å². The zero-order chi connectivity index (χ0) is 21.9. The molecule has 5 N–H and O–H groups in total. The highest BCUT2D eigenvalue weighted by Crippen LogP contribution is 2.17. The van der Waals surface area contributed by atoms with Gasteiger partial charge < -0.3 is 16.4 Å². The molecule has 1 heterocycles. The maximum atomic E-state index is 13.1. The molecule has 1 aromatic rings. The molecule has 1 atom stereocenters. The maximum Gasteiger partial charge on any atom is 0.222 e. The summed E-state index contributed by atoms with van der Waals surface area (Å²) in [4.78, 5) is 11.6. The molecule has 1 saturated carbocycles. The maximum absolute atomic E-state index is 13.1. The molecule has 1 aliphatic carbocycles. The van der Waals surface area contributed by atoms with Crippen LogP contribution in [0.2, 0.25) is 0 Å². The monoisotopic (exact) mass is 431 g/mol. The van der Waals surface area contributed by atoms with Gasteiger partial charge in [0.05, 0.1) is 6.67 Å². The highest BCUT2D eigenvalue weighted by molar-refractivity contribution is 6.01. The zero-order valence-electron chi connectivity index (χ0n) is 18.7. The first kappa shape index (κ1) is 23.5. The lowest BCUT2D eigenvalue weighted by Gasteiger charge is -2.23. The first-order valence-corrected chi connectivity index (χ1v) is 11.8. The summed E-state index contributed by atoms with van der Waals surface area (Å²) in [5.41, 5.74) is 6.80. The first-order chi connectivity index (χ1) is 15.1. The van der Waals surface area contributed by atoms with Crippen LogP contribution in [-0.4, -0.2) is 55.2 Å². The smallest absolute Gasteiger partial charge is 0.222 e. The third kappa shape index (κ3) is 8.10. The average Bonchev–Trinajstić information content (AvgIpc) is 3.07. The molecule has 1 unspecified atom stereocenters. The number of likely N-dealkylation sites (N-methyl/N-ethyl adjacent to an activating group) is 1. The fraction of sp³-hybridized carbons (Fsp3) is 0.652. The molecule has 2 aliphatic rings. The lowest BCUT2D eigenvalue weighted by molar-refractivity contribution is 0.267. The van der Waals surface area contributed by atoms with E-state index < -0.39 is 0 Å². The lowest BCUT2D eigenvalue weighted by Crippen LogP contribution is -2.41. The van der Waals surface area contributed by atoms with Gasteiger partial charge in [0.25, 0.3) is 0 Å². The number of likely N-dealkylation sites (tertiary alicyclic amines) is 1. The number of aliphatic imine (C=N–C) groups is 2. The van der Waals surface area contributed by atoms with Crippen LogP contribution in [0.15, 0.2) is 34.3 Å². The van der Waals surface area contributed by atoms with Crippen molar-refractivity contribution in [3.05, 3.63) is 30.1 Å². The van der Waals surface area contributed by atoms with E-state index in [-0.39, 0.29) is 11.8 Å². The predicted molar refractivity (Wildman–Crippen MR) is 127 cm³/mol. The van der Waals surface area contributed by atoms with Gasteiger partial charge in [-0.1, -0.05) is 32.6 Å². The van der Waals surface area contributed by atoms with Gasteiger partial charge in [0.2, 0.25) is 11.9 Å². The van der Waals surface area contributed by atoms with E-state index in [1.165, 1.54) is 63.5 Å². The minimum Gasteiger partial charge on any atom is -0.369 e. The summed E-state index contributed by atoms with van der Waals surface area (Å²) in [6.45, 7) is 5.72. The number of hydrogen-bond donors (Lipinski definition) is 4. The van der Waals surface area contributed by atoms with Crippen molar-refractivity contribution in [1.29, 1.82) is 0 Å². The Bertz CT molecular complexity index is 711. The van der Waals surface area contributed by atoms with E-state index in [1.54, 1.807) is 12.1 Å². The highest BCUT2D eigenvalue weighted by atomic mass is 19.1.